The Bertz CT molecular complexity index is 314. The molecule has 1 fully saturated rings. The molecular weight excluding hydrogens is 208 g/mol. The fourth-order valence-corrected chi connectivity index (χ4v) is 2.31. The Balaban J connectivity index is 1.86. The van der Waals surface area contributed by atoms with Gasteiger partial charge in [0.25, 0.3) is 0 Å². The number of likely N-dealkylation sites (tertiary alicyclic amines) is 1. The lowest BCUT2D eigenvalue weighted by Crippen LogP contribution is -2.39. The molecule has 82 valence electrons. The Hall–Kier alpha value is -1.10. The highest BCUT2D eigenvalue weighted by Gasteiger charge is 2.15. The maximum absolute atomic E-state index is 4.28. The molecule has 0 unspecified atom stereocenters. The summed E-state index contributed by atoms with van der Waals surface area (Å²) >= 11 is 1.67. The first kappa shape index (κ1) is 10.4. The summed E-state index contributed by atoms with van der Waals surface area (Å²) in [6.45, 7) is 3.02. The van der Waals surface area contributed by atoms with Gasteiger partial charge < -0.3 is 10.2 Å². The Morgan fingerprint density at radius 3 is 3.00 bits per heavy atom. The second kappa shape index (κ2) is 5.11. The van der Waals surface area contributed by atoms with Crippen LogP contribution >= 0.6 is 11.3 Å². The number of nitrogens with one attached hydrogen (secondary N) is 1. The van der Waals surface area contributed by atoms with Crippen LogP contribution < -0.4 is 5.32 Å². The van der Waals surface area contributed by atoms with E-state index >= 15 is 0 Å². The van der Waals surface area contributed by atoms with Crippen LogP contribution in [0.3, 0.4) is 0 Å². The SMILES string of the molecule is CN=C(NCc1nccs1)N1CCCC1. The fourth-order valence-electron chi connectivity index (χ4n) is 1.76. The predicted octanol–water partition coefficient (Wildman–Crippen LogP) is 1.31. The van der Waals surface area contributed by atoms with E-state index in [0.717, 1.165) is 30.6 Å². The van der Waals surface area contributed by atoms with Gasteiger partial charge in [0.2, 0.25) is 0 Å². The third-order valence-corrected chi connectivity index (χ3v) is 3.28. The molecule has 1 aromatic rings. The zero-order valence-electron chi connectivity index (χ0n) is 8.94. The highest BCUT2D eigenvalue weighted by Crippen LogP contribution is 2.08. The minimum Gasteiger partial charge on any atom is -0.350 e. The molecule has 0 atom stereocenters. The van der Waals surface area contributed by atoms with Gasteiger partial charge in [-0.25, -0.2) is 4.98 Å². The zero-order chi connectivity index (χ0) is 10.5. The molecule has 0 amide bonds. The number of guanidine groups is 1. The van der Waals surface area contributed by atoms with E-state index in [4.69, 9.17) is 0 Å². The van der Waals surface area contributed by atoms with Gasteiger partial charge in [0.15, 0.2) is 5.96 Å². The summed E-state index contributed by atoms with van der Waals surface area (Å²) in [7, 11) is 1.84. The topological polar surface area (TPSA) is 40.5 Å². The molecule has 0 bridgehead atoms. The number of rotatable bonds is 2. The molecule has 4 nitrogen and oxygen atoms in total. The number of nitrogens with zero attached hydrogens (tertiary/aromatic N) is 3. The number of hydrogen-bond donors (Lipinski definition) is 1. The van der Waals surface area contributed by atoms with Gasteiger partial charge in [0, 0.05) is 31.7 Å². The van der Waals surface area contributed by atoms with Crippen LogP contribution in [-0.2, 0) is 6.54 Å². The average molecular weight is 224 g/mol. The summed E-state index contributed by atoms with van der Waals surface area (Å²) in [4.78, 5) is 10.8. The third kappa shape index (κ3) is 2.68. The van der Waals surface area contributed by atoms with Crippen molar-refractivity contribution in [3.63, 3.8) is 0 Å². The van der Waals surface area contributed by atoms with Crippen LogP contribution in [-0.4, -0.2) is 36.0 Å². The third-order valence-electron chi connectivity index (χ3n) is 2.50. The average Bonchev–Trinajstić information content (AvgIpc) is 2.90. The van der Waals surface area contributed by atoms with Gasteiger partial charge in [-0.05, 0) is 12.8 Å². The van der Waals surface area contributed by atoms with Gasteiger partial charge in [-0.15, -0.1) is 11.3 Å². The summed E-state index contributed by atoms with van der Waals surface area (Å²) < 4.78 is 0. The van der Waals surface area contributed by atoms with Crippen LogP contribution in [0.2, 0.25) is 0 Å². The molecule has 1 N–H and O–H groups in total. The molecule has 0 aliphatic carbocycles. The van der Waals surface area contributed by atoms with E-state index in [1.54, 1.807) is 11.3 Å². The summed E-state index contributed by atoms with van der Waals surface area (Å²) in [6.07, 6.45) is 4.39. The molecular formula is C10H16N4S. The van der Waals surface area contributed by atoms with Crippen LogP contribution in [0.25, 0.3) is 0 Å². The summed E-state index contributed by atoms with van der Waals surface area (Å²) in [5.41, 5.74) is 0. The molecule has 0 saturated carbocycles. The smallest absolute Gasteiger partial charge is 0.193 e. The number of thiazole rings is 1. The van der Waals surface area contributed by atoms with Crippen LogP contribution in [0, 0.1) is 0 Å². The summed E-state index contributed by atoms with van der Waals surface area (Å²) in [6, 6.07) is 0. The largest absolute Gasteiger partial charge is 0.350 e. The number of aliphatic imine (C=N–C) groups is 1. The second-order valence-electron chi connectivity index (χ2n) is 3.52. The lowest BCUT2D eigenvalue weighted by molar-refractivity contribution is 0.493. The Morgan fingerprint density at radius 1 is 1.60 bits per heavy atom. The van der Waals surface area contributed by atoms with Crippen LogP contribution in [0.5, 0.6) is 0 Å². The summed E-state index contributed by atoms with van der Waals surface area (Å²) in [5.74, 6) is 1.00. The van der Waals surface area contributed by atoms with Crippen LogP contribution in [0.15, 0.2) is 16.6 Å². The maximum atomic E-state index is 4.28. The van der Waals surface area contributed by atoms with E-state index in [0.29, 0.717) is 0 Å². The van der Waals surface area contributed by atoms with Crippen molar-refractivity contribution in [1.29, 1.82) is 0 Å². The maximum Gasteiger partial charge on any atom is 0.193 e. The van der Waals surface area contributed by atoms with Crippen molar-refractivity contribution in [2.45, 2.75) is 19.4 Å². The molecule has 0 radical (unpaired) electrons. The van der Waals surface area contributed by atoms with Crippen molar-refractivity contribution < 1.29 is 0 Å². The molecule has 2 rings (SSSR count). The lowest BCUT2D eigenvalue weighted by Gasteiger charge is -2.20. The zero-order valence-corrected chi connectivity index (χ0v) is 9.76. The van der Waals surface area contributed by atoms with Gasteiger partial charge in [-0.1, -0.05) is 0 Å². The molecule has 0 spiro atoms. The minimum atomic E-state index is 0.779. The first-order chi connectivity index (χ1) is 7.40. The molecule has 1 saturated heterocycles. The van der Waals surface area contributed by atoms with E-state index in [-0.39, 0.29) is 0 Å². The molecule has 5 heteroatoms. The van der Waals surface area contributed by atoms with Crippen molar-refractivity contribution in [2.24, 2.45) is 4.99 Å². The first-order valence-corrected chi connectivity index (χ1v) is 6.12. The quantitative estimate of drug-likeness (QED) is 0.608. The Labute approximate surface area is 94.0 Å². The van der Waals surface area contributed by atoms with E-state index < -0.39 is 0 Å². The molecule has 1 aliphatic heterocycles. The van der Waals surface area contributed by atoms with Crippen molar-refractivity contribution in [1.82, 2.24) is 15.2 Å². The van der Waals surface area contributed by atoms with Gasteiger partial charge in [0.05, 0.1) is 6.54 Å². The number of aromatic nitrogens is 1. The highest BCUT2D eigenvalue weighted by molar-refractivity contribution is 7.09. The first-order valence-electron chi connectivity index (χ1n) is 5.24. The van der Waals surface area contributed by atoms with Crippen LogP contribution in [0.1, 0.15) is 17.8 Å². The van der Waals surface area contributed by atoms with E-state index in [1.165, 1.54) is 12.8 Å². The van der Waals surface area contributed by atoms with E-state index in [2.05, 4.69) is 20.2 Å². The second-order valence-corrected chi connectivity index (χ2v) is 4.50. The predicted molar refractivity (Wildman–Crippen MR) is 63.1 cm³/mol. The molecule has 2 heterocycles. The Kier molecular flexibility index (Phi) is 3.55. The lowest BCUT2D eigenvalue weighted by atomic mass is 10.4. The fraction of sp³-hybridized carbons (Fsp3) is 0.600. The number of hydrogen-bond acceptors (Lipinski definition) is 3. The van der Waals surface area contributed by atoms with E-state index in [9.17, 15) is 0 Å². The molecule has 1 aliphatic rings. The minimum absolute atomic E-state index is 0.779. The standard InChI is InChI=1S/C10H16N4S/c1-11-10(14-5-2-3-6-14)13-8-9-12-4-7-15-9/h4,7H,2-3,5-6,8H2,1H3,(H,11,13). The van der Waals surface area contributed by atoms with Gasteiger partial charge in [0.1, 0.15) is 5.01 Å². The highest BCUT2D eigenvalue weighted by atomic mass is 32.1. The molecule has 0 aromatic carbocycles. The molecule has 1 aromatic heterocycles. The van der Waals surface area contributed by atoms with Gasteiger partial charge in [-0.3, -0.25) is 4.99 Å². The van der Waals surface area contributed by atoms with Gasteiger partial charge in [-0.2, -0.15) is 0 Å². The van der Waals surface area contributed by atoms with Gasteiger partial charge >= 0.3 is 0 Å². The van der Waals surface area contributed by atoms with Crippen molar-refractivity contribution in [3.8, 4) is 0 Å². The monoisotopic (exact) mass is 224 g/mol. The van der Waals surface area contributed by atoms with Crippen molar-refractivity contribution in [3.05, 3.63) is 16.6 Å². The normalized spacial score (nSPS) is 17.1. The van der Waals surface area contributed by atoms with Crippen molar-refractivity contribution in [2.75, 3.05) is 20.1 Å². The Morgan fingerprint density at radius 2 is 2.40 bits per heavy atom. The van der Waals surface area contributed by atoms with E-state index in [1.807, 2.05) is 18.6 Å². The van der Waals surface area contributed by atoms with Crippen LogP contribution in [0.4, 0.5) is 0 Å². The molecule has 15 heavy (non-hydrogen) atoms. The summed E-state index contributed by atoms with van der Waals surface area (Å²) in [5, 5.41) is 6.44. The van der Waals surface area contributed by atoms with Crippen molar-refractivity contribution >= 4 is 17.3 Å².